The fourth-order valence-corrected chi connectivity index (χ4v) is 9.35. The average molecular weight is 733 g/mol. The van der Waals surface area contributed by atoms with Crippen LogP contribution in [0.3, 0.4) is 0 Å². The van der Waals surface area contributed by atoms with Crippen LogP contribution in [0.4, 0.5) is 0 Å². The van der Waals surface area contributed by atoms with Crippen LogP contribution >= 0.6 is 11.3 Å². The molecule has 11 rings (SSSR count). The normalized spacial score (nSPS) is 11.6. The van der Waals surface area contributed by atoms with Gasteiger partial charge in [0.05, 0.1) is 32.8 Å². The molecule has 0 atom stereocenters. The highest BCUT2D eigenvalue weighted by Gasteiger charge is 2.22. The summed E-state index contributed by atoms with van der Waals surface area (Å²) in [5.74, 6) is 0.711. The fraction of sp³-hybridized carbons (Fsp3) is 0. The Morgan fingerprint density at radius 2 is 0.982 bits per heavy atom. The number of thiophene rings is 1. The van der Waals surface area contributed by atoms with Gasteiger partial charge in [0.2, 0.25) is 0 Å². The zero-order valence-corrected chi connectivity index (χ0v) is 31.0. The van der Waals surface area contributed by atoms with Gasteiger partial charge < -0.3 is 4.57 Å². The Morgan fingerprint density at radius 1 is 0.393 bits per heavy atom. The van der Waals surface area contributed by atoms with Crippen LogP contribution in [-0.4, -0.2) is 19.5 Å². The molecule has 0 aliphatic carbocycles. The Hall–Kier alpha value is -7.21. The van der Waals surface area contributed by atoms with Crippen molar-refractivity contribution in [3.8, 4) is 62.0 Å². The zero-order valence-electron chi connectivity index (χ0n) is 30.2. The summed E-state index contributed by atoms with van der Waals surface area (Å²) in [5, 5.41) is 4.98. The smallest absolute Gasteiger partial charge is 0.160 e. The molecular formula is C51H32N4S. The van der Waals surface area contributed by atoms with Gasteiger partial charge >= 0.3 is 0 Å². The lowest BCUT2D eigenvalue weighted by molar-refractivity contribution is 1.18. The Bertz CT molecular complexity index is 3160. The van der Waals surface area contributed by atoms with Crippen LogP contribution in [0.25, 0.3) is 104 Å². The highest BCUT2D eigenvalue weighted by Crippen LogP contribution is 2.47. The maximum absolute atomic E-state index is 5.24. The van der Waals surface area contributed by atoms with Gasteiger partial charge in [-0.3, -0.25) is 0 Å². The number of pyridine rings is 1. The van der Waals surface area contributed by atoms with Crippen molar-refractivity contribution in [2.45, 2.75) is 0 Å². The minimum absolute atomic E-state index is 0.711. The first-order valence-corrected chi connectivity index (χ1v) is 19.6. The molecule has 0 bridgehead atoms. The fourth-order valence-electron chi connectivity index (χ4n) is 7.97. The van der Waals surface area contributed by atoms with Gasteiger partial charge in [0.25, 0.3) is 0 Å². The third kappa shape index (κ3) is 5.40. The molecule has 7 aromatic carbocycles. The molecule has 0 fully saturated rings. The number of aromatic nitrogens is 4. The van der Waals surface area contributed by atoms with Gasteiger partial charge in [0.15, 0.2) is 5.82 Å². The zero-order chi connectivity index (χ0) is 37.0. The van der Waals surface area contributed by atoms with E-state index >= 15 is 0 Å². The minimum atomic E-state index is 0.711. The van der Waals surface area contributed by atoms with Gasteiger partial charge in [-0.05, 0) is 47.5 Å². The quantitative estimate of drug-likeness (QED) is 0.171. The molecule has 0 radical (unpaired) electrons. The molecule has 0 saturated heterocycles. The maximum Gasteiger partial charge on any atom is 0.160 e. The van der Waals surface area contributed by atoms with Crippen LogP contribution in [0.5, 0.6) is 0 Å². The van der Waals surface area contributed by atoms with Crippen LogP contribution in [0, 0.1) is 0 Å². The van der Waals surface area contributed by atoms with Crippen LogP contribution < -0.4 is 0 Å². The van der Waals surface area contributed by atoms with Crippen molar-refractivity contribution < 1.29 is 0 Å². The van der Waals surface area contributed by atoms with E-state index in [2.05, 4.69) is 162 Å². The molecule has 4 heterocycles. The summed E-state index contributed by atoms with van der Waals surface area (Å²) in [6.07, 6.45) is 0. The van der Waals surface area contributed by atoms with E-state index in [9.17, 15) is 0 Å². The van der Waals surface area contributed by atoms with E-state index in [1.807, 2.05) is 47.7 Å². The molecule has 0 saturated carbocycles. The molecule has 4 nitrogen and oxygen atoms in total. The predicted molar refractivity (Wildman–Crippen MR) is 234 cm³/mol. The second kappa shape index (κ2) is 13.3. The van der Waals surface area contributed by atoms with Gasteiger partial charge in [0, 0.05) is 49.5 Å². The number of para-hydroxylation sites is 2. The molecule has 4 aromatic heterocycles. The van der Waals surface area contributed by atoms with Crippen molar-refractivity contribution >= 4 is 53.4 Å². The van der Waals surface area contributed by atoms with E-state index in [0.717, 1.165) is 61.7 Å². The molecule has 5 heteroatoms. The van der Waals surface area contributed by atoms with Gasteiger partial charge in [-0.2, -0.15) is 0 Å². The standard InChI is InChI=1S/C51H32N4S/c1-4-15-34(16-5-1)43-32-44(54-50(53-43)36-19-8-3-9-20-36)38-22-14-21-37(31-38)33-27-29-39(30-28-33)55-45-26-13-11-24-41(45)47-46-40-23-10-12-25-42(40)52-48(49(46)56-51(47)55)35-17-6-2-7-18-35/h1-32H. The summed E-state index contributed by atoms with van der Waals surface area (Å²) in [4.78, 5) is 16.5. The molecule has 56 heavy (non-hydrogen) atoms. The molecule has 0 spiro atoms. The van der Waals surface area contributed by atoms with E-state index in [0.29, 0.717) is 5.82 Å². The third-order valence-electron chi connectivity index (χ3n) is 10.6. The van der Waals surface area contributed by atoms with Gasteiger partial charge in [-0.15, -0.1) is 11.3 Å². The van der Waals surface area contributed by atoms with Crippen molar-refractivity contribution in [1.82, 2.24) is 19.5 Å². The highest BCUT2D eigenvalue weighted by atomic mass is 32.1. The second-order valence-electron chi connectivity index (χ2n) is 14.0. The Balaban J connectivity index is 1.04. The highest BCUT2D eigenvalue weighted by molar-refractivity contribution is 7.26. The van der Waals surface area contributed by atoms with E-state index in [1.165, 1.54) is 36.6 Å². The minimum Gasteiger partial charge on any atom is -0.301 e. The number of hydrogen-bond acceptors (Lipinski definition) is 4. The maximum atomic E-state index is 5.24. The lowest BCUT2D eigenvalue weighted by Crippen LogP contribution is -1.96. The largest absolute Gasteiger partial charge is 0.301 e. The number of fused-ring (bicyclic) bond motifs is 7. The molecule has 0 aliphatic rings. The van der Waals surface area contributed by atoms with Crippen LogP contribution in [0.2, 0.25) is 0 Å². The molecule has 0 N–H and O–H groups in total. The monoisotopic (exact) mass is 732 g/mol. The van der Waals surface area contributed by atoms with Gasteiger partial charge in [-0.1, -0.05) is 158 Å². The topological polar surface area (TPSA) is 43.6 Å². The Kier molecular flexibility index (Phi) is 7.64. The molecule has 11 aromatic rings. The first-order chi connectivity index (χ1) is 27.8. The SMILES string of the molecule is c1ccc(-c2cc(-c3cccc(-c4ccc(-n5c6ccccc6c6c7c(sc65)c(-c5ccccc5)nc5ccccc57)cc4)c3)nc(-c3ccccc3)n2)cc1. The summed E-state index contributed by atoms with van der Waals surface area (Å²) >= 11 is 1.83. The molecular weight excluding hydrogens is 701 g/mol. The van der Waals surface area contributed by atoms with Crippen molar-refractivity contribution in [3.05, 3.63) is 194 Å². The van der Waals surface area contributed by atoms with Gasteiger partial charge in [-0.25, -0.2) is 15.0 Å². The molecule has 262 valence electrons. The summed E-state index contributed by atoms with van der Waals surface area (Å²) in [6.45, 7) is 0. The van der Waals surface area contributed by atoms with Gasteiger partial charge in [0.1, 0.15) is 4.83 Å². The van der Waals surface area contributed by atoms with E-state index in [-0.39, 0.29) is 0 Å². The number of benzene rings is 7. The lowest BCUT2D eigenvalue weighted by atomic mass is 10.0. The summed E-state index contributed by atoms with van der Waals surface area (Å²) in [5.41, 5.74) is 12.6. The van der Waals surface area contributed by atoms with Crippen molar-refractivity contribution in [3.63, 3.8) is 0 Å². The first-order valence-electron chi connectivity index (χ1n) is 18.8. The second-order valence-corrected chi connectivity index (χ2v) is 15.0. The summed E-state index contributed by atoms with van der Waals surface area (Å²) in [7, 11) is 0. The lowest BCUT2D eigenvalue weighted by Gasteiger charge is -2.11. The van der Waals surface area contributed by atoms with Crippen molar-refractivity contribution in [1.29, 1.82) is 0 Å². The van der Waals surface area contributed by atoms with Crippen LogP contribution in [0.15, 0.2) is 194 Å². The predicted octanol–water partition coefficient (Wildman–Crippen LogP) is 13.7. The van der Waals surface area contributed by atoms with Crippen LogP contribution in [0.1, 0.15) is 0 Å². The summed E-state index contributed by atoms with van der Waals surface area (Å²) < 4.78 is 3.64. The number of hydrogen-bond donors (Lipinski definition) is 0. The van der Waals surface area contributed by atoms with E-state index < -0.39 is 0 Å². The number of nitrogens with zero attached hydrogens (tertiary/aromatic N) is 4. The first kappa shape index (κ1) is 32.2. The third-order valence-corrected chi connectivity index (χ3v) is 11.8. The van der Waals surface area contributed by atoms with Crippen LogP contribution in [-0.2, 0) is 0 Å². The van der Waals surface area contributed by atoms with Crippen molar-refractivity contribution in [2.24, 2.45) is 0 Å². The van der Waals surface area contributed by atoms with E-state index in [1.54, 1.807) is 0 Å². The molecule has 0 aliphatic heterocycles. The van der Waals surface area contributed by atoms with Crippen molar-refractivity contribution in [2.75, 3.05) is 0 Å². The molecule has 0 unspecified atom stereocenters. The summed E-state index contributed by atoms with van der Waals surface area (Å²) in [6, 6.07) is 68.2. The Labute approximate surface area is 327 Å². The van der Waals surface area contributed by atoms with E-state index in [4.69, 9.17) is 15.0 Å². The average Bonchev–Trinajstić information content (AvgIpc) is 3.82. The Morgan fingerprint density at radius 3 is 1.73 bits per heavy atom. The number of rotatable bonds is 6. The molecule has 0 amide bonds.